The Morgan fingerprint density at radius 2 is 1.70 bits per heavy atom. The Morgan fingerprint density at radius 3 is 2.22 bits per heavy atom. The van der Waals surface area contributed by atoms with E-state index in [1.54, 1.807) is 0 Å². The third-order valence-electron chi connectivity index (χ3n) is 3.26. The first kappa shape index (κ1) is 17.0. The standard InChI is InChI=1S/C13H14O10/c14-5-3-4(11(18)19)1-2-6(5)22-13-9(17)7(15)8(16)10(23-13)12(20)21/h1-3,7-10,13-17H,(H,18,19)(H,20,21). The van der Waals surface area contributed by atoms with Crippen molar-refractivity contribution in [1.82, 2.24) is 0 Å². The fourth-order valence-corrected chi connectivity index (χ4v) is 2.02. The predicted molar refractivity (Wildman–Crippen MR) is 70.0 cm³/mol. The molecule has 0 amide bonds. The highest BCUT2D eigenvalue weighted by Gasteiger charge is 2.48. The van der Waals surface area contributed by atoms with Crippen LogP contribution >= 0.6 is 0 Å². The van der Waals surface area contributed by atoms with E-state index in [4.69, 9.17) is 19.7 Å². The summed E-state index contributed by atoms with van der Waals surface area (Å²) in [5.74, 6) is -3.76. The molecule has 0 aliphatic carbocycles. The molecule has 0 bridgehead atoms. The molecule has 10 heteroatoms. The SMILES string of the molecule is O=C(O)c1ccc(OC2OC(C(=O)O)C(O)C(O)C2O)c(O)c1. The average Bonchev–Trinajstić information content (AvgIpc) is 2.48. The second kappa shape index (κ2) is 6.38. The number of carboxylic acid groups (broad SMARTS) is 2. The molecule has 0 aromatic heterocycles. The molecule has 5 atom stereocenters. The van der Waals surface area contributed by atoms with E-state index < -0.39 is 48.4 Å². The van der Waals surface area contributed by atoms with Crippen LogP contribution in [0.25, 0.3) is 0 Å². The number of ether oxygens (including phenoxy) is 2. The minimum atomic E-state index is -1.87. The molecule has 126 valence electrons. The van der Waals surface area contributed by atoms with Gasteiger partial charge >= 0.3 is 11.9 Å². The van der Waals surface area contributed by atoms with Gasteiger partial charge in [-0.3, -0.25) is 0 Å². The fourth-order valence-electron chi connectivity index (χ4n) is 2.02. The molecule has 0 spiro atoms. The number of hydrogen-bond donors (Lipinski definition) is 6. The van der Waals surface area contributed by atoms with Crippen LogP contribution in [0, 0.1) is 0 Å². The zero-order chi connectivity index (χ0) is 17.3. The van der Waals surface area contributed by atoms with E-state index in [-0.39, 0.29) is 11.3 Å². The van der Waals surface area contributed by atoms with Crippen molar-refractivity contribution in [3.8, 4) is 11.5 Å². The molecule has 1 aromatic carbocycles. The molecule has 6 N–H and O–H groups in total. The molecule has 1 saturated heterocycles. The van der Waals surface area contributed by atoms with Crippen molar-refractivity contribution in [1.29, 1.82) is 0 Å². The first-order chi connectivity index (χ1) is 10.7. The molecule has 23 heavy (non-hydrogen) atoms. The summed E-state index contributed by atoms with van der Waals surface area (Å²) in [5, 5.41) is 56.3. The highest BCUT2D eigenvalue weighted by molar-refractivity contribution is 5.88. The quantitative estimate of drug-likeness (QED) is 0.376. The molecule has 1 fully saturated rings. The van der Waals surface area contributed by atoms with Crippen molar-refractivity contribution in [2.45, 2.75) is 30.7 Å². The highest BCUT2D eigenvalue weighted by atomic mass is 16.7. The summed E-state index contributed by atoms with van der Waals surface area (Å²) in [6, 6.07) is 3.06. The van der Waals surface area contributed by atoms with Gasteiger partial charge in [0.2, 0.25) is 6.29 Å². The van der Waals surface area contributed by atoms with Gasteiger partial charge in [0, 0.05) is 0 Å². The largest absolute Gasteiger partial charge is 0.504 e. The Hall–Kier alpha value is -2.40. The van der Waals surface area contributed by atoms with Crippen LogP contribution in [0.2, 0.25) is 0 Å². The van der Waals surface area contributed by atoms with Crippen LogP contribution in [0.5, 0.6) is 11.5 Å². The second-order valence-corrected chi connectivity index (χ2v) is 4.84. The molecular formula is C13H14O10. The zero-order valence-corrected chi connectivity index (χ0v) is 11.4. The van der Waals surface area contributed by atoms with Crippen molar-refractivity contribution >= 4 is 11.9 Å². The Balaban J connectivity index is 2.21. The lowest BCUT2D eigenvalue weighted by Gasteiger charge is -2.38. The van der Waals surface area contributed by atoms with Crippen LogP contribution in [-0.2, 0) is 9.53 Å². The van der Waals surface area contributed by atoms with Gasteiger partial charge in [0.05, 0.1) is 5.56 Å². The van der Waals surface area contributed by atoms with Gasteiger partial charge in [0.15, 0.2) is 17.6 Å². The number of aromatic carboxylic acids is 1. The fraction of sp³-hybridized carbons (Fsp3) is 0.385. The van der Waals surface area contributed by atoms with E-state index >= 15 is 0 Å². The molecule has 10 nitrogen and oxygen atoms in total. The number of phenols is 1. The number of hydrogen-bond acceptors (Lipinski definition) is 8. The van der Waals surface area contributed by atoms with Gasteiger partial charge in [-0.2, -0.15) is 0 Å². The third-order valence-corrected chi connectivity index (χ3v) is 3.26. The number of aliphatic hydroxyl groups excluding tert-OH is 3. The maximum Gasteiger partial charge on any atom is 0.335 e. The Morgan fingerprint density at radius 1 is 1.04 bits per heavy atom. The number of phenolic OH excluding ortho intramolecular Hbond substituents is 1. The summed E-state index contributed by atoms with van der Waals surface area (Å²) in [4.78, 5) is 21.7. The second-order valence-electron chi connectivity index (χ2n) is 4.84. The maximum atomic E-state index is 11.0. The topological polar surface area (TPSA) is 174 Å². The van der Waals surface area contributed by atoms with Crippen molar-refractivity contribution in [2.75, 3.05) is 0 Å². The number of aromatic hydroxyl groups is 1. The molecule has 0 saturated carbocycles. The predicted octanol–water partition coefficient (Wildman–Crippen LogP) is -1.64. The minimum Gasteiger partial charge on any atom is -0.504 e. The first-order valence-corrected chi connectivity index (χ1v) is 6.37. The summed E-state index contributed by atoms with van der Waals surface area (Å²) in [7, 11) is 0. The highest BCUT2D eigenvalue weighted by Crippen LogP contribution is 2.31. The normalized spacial score (nSPS) is 30.7. The summed E-state index contributed by atoms with van der Waals surface area (Å²) in [5.41, 5.74) is -0.223. The molecule has 1 aromatic rings. The molecule has 1 heterocycles. The molecule has 5 unspecified atom stereocenters. The van der Waals surface area contributed by atoms with Gasteiger partial charge in [0.25, 0.3) is 0 Å². The van der Waals surface area contributed by atoms with Gasteiger partial charge in [-0.1, -0.05) is 0 Å². The summed E-state index contributed by atoms with van der Waals surface area (Å²) < 4.78 is 9.95. The maximum absolute atomic E-state index is 11.0. The van der Waals surface area contributed by atoms with Gasteiger partial charge in [0.1, 0.15) is 18.3 Å². The lowest BCUT2D eigenvalue weighted by atomic mass is 9.99. The summed E-state index contributed by atoms with van der Waals surface area (Å²) in [6.07, 6.45) is -9.06. The van der Waals surface area contributed by atoms with Gasteiger partial charge in [-0.05, 0) is 18.2 Å². The van der Waals surface area contributed by atoms with Crippen LogP contribution in [0.3, 0.4) is 0 Å². The van der Waals surface area contributed by atoms with Crippen LogP contribution in [0.1, 0.15) is 10.4 Å². The first-order valence-electron chi connectivity index (χ1n) is 6.37. The summed E-state index contributed by atoms with van der Waals surface area (Å²) in [6.45, 7) is 0. The van der Waals surface area contributed by atoms with E-state index in [0.29, 0.717) is 0 Å². The van der Waals surface area contributed by atoms with E-state index in [0.717, 1.165) is 18.2 Å². The van der Waals surface area contributed by atoms with Crippen LogP contribution in [-0.4, -0.2) is 73.3 Å². The zero-order valence-electron chi connectivity index (χ0n) is 11.4. The van der Waals surface area contributed by atoms with Crippen molar-refractivity contribution in [3.05, 3.63) is 23.8 Å². The lowest BCUT2D eigenvalue weighted by Crippen LogP contribution is -2.61. The van der Waals surface area contributed by atoms with Gasteiger partial charge in [-0.25, -0.2) is 9.59 Å². The van der Waals surface area contributed by atoms with Crippen LogP contribution in [0.15, 0.2) is 18.2 Å². The monoisotopic (exact) mass is 330 g/mol. The van der Waals surface area contributed by atoms with E-state index in [1.165, 1.54) is 0 Å². The van der Waals surface area contributed by atoms with Crippen molar-refractivity contribution < 1.29 is 49.7 Å². The molecule has 2 rings (SSSR count). The average molecular weight is 330 g/mol. The van der Waals surface area contributed by atoms with Crippen molar-refractivity contribution in [3.63, 3.8) is 0 Å². The van der Waals surface area contributed by atoms with Crippen LogP contribution < -0.4 is 4.74 Å². The van der Waals surface area contributed by atoms with Gasteiger partial charge < -0.3 is 40.1 Å². The van der Waals surface area contributed by atoms with Crippen molar-refractivity contribution in [2.24, 2.45) is 0 Å². The third kappa shape index (κ3) is 3.35. The van der Waals surface area contributed by atoms with E-state index in [2.05, 4.69) is 0 Å². The number of aliphatic carboxylic acids is 1. The molecule has 0 radical (unpaired) electrons. The molecule has 1 aliphatic heterocycles. The van der Waals surface area contributed by atoms with E-state index in [1.807, 2.05) is 0 Å². The molecule has 1 aliphatic rings. The van der Waals surface area contributed by atoms with Crippen LogP contribution in [0.4, 0.5) is 0 Å². The Bertz CT molecular complexity index is 615. The number of carbonyl (C=O) groups is 2. The smallest absolute Gasteiger partial charge is 0.335 e. The van der Waals surface area contributed by atoms with E-state index in [9.17, 15) is 30.0 Å². The number of rotatable bonds is 4. The number of aliphatic hydroxyl groups is 3. The Kier molecular flexibility index (Phi) is 4.71. The lowest BCUT2D eigenvalue weighted by molar-refractivity contribution is -0.271. The minimum absolute atomic E-state index is 0.223. The van der Waals surface area contributed by atoms with Gasteiger partial charge in [-0.15, -0.1) is 0 Å². The number of carboxylic acids is 2. The molecular weight excluding hydrogens is 316 g/mol. The number of benzene rings is 1. The summed E-state index contributed by atoms with van der Waals surface area (Å²) >= 11 is 0. The Labute approximate surface area is 128 Å².